The second-order valence-electron chi connectivity index (χ2n) is 3.26. The normalized spacial score (nSPS) is 23.0. The molecule has 0 aromatic carbocycles. The van der Waals surface area contributed by atoms with Crippen LogP contribution in [0, 0.1) is 0 Å². The van der Waals surface area contributed by atoms with Crippen molar-refractivity contribution in [2.75, 3.05) is 26.2 Å². The molecule has 1 atom stereocenters. The van der Waals surface area contributed by atoms with Crippen LogP contribution in [0.2, 0.25) is 0 Å². The maximum absolute atomic E-state index is 11.1. The van der Waals surface area contributed by atoms with Crippen LogP contribution in [0.5, 0.6) is 0 Å². The molecule has 70 valence electrons. The van der Waals surface area contributed by atoms with E-state index in [0.29, 0.717) is 19.1 Å². The van der Waals surface area contributed by atoms with E-state index in [1.165, 1.54) is 0 Å². The summed E-state index contributed by atoms with van der Waals surface area (Å²) in [5, 5.41) is 2.83. The van der Waals surface area contributed by atoms with Crippen molar-refractivity contribution in [3.8, 4) is 0 Å². The molecule has 1 amide bonds. The predicted octanol–water partition coefficient (Wildman–Crippen LogP) is -0.844. The molecule has 1 aliphatic rings. The highest BCUT2D eigenvalue weighted by Crippen LogP contribution is 2.01. The van der Waals surface area contributed by atoms with Gasteiger partial charge in [0.25, 0.3) is 0 Å². The topological polar surface area (TPSA) is 58.4 Å². The van der Waals surface area contributed by atoms with Gasteiger partial charge in [-0.1, -0.05) is 0 Å². The van der Waals surface area contributed by atoms with E-state index in [-0.39, 0.29) is 5.91 Å². The van der Waals surface area contributed by atoms with Gasteiger partial charge in [0.15, 0.2) is 0 Å². The second kappa shape index (κ2) is 4.42. The van der Waals surface area contributed by atoms with Crippen molar-refractivity contribution in [1.82, 2.24) is 10.2 Å². The average molecular weight is 171 g/mol. The van der Waals surface area contributed by atoms with Gasteiger partial charge in [0, 0.05) is 25.7 Å². The maximum Gasteiger partial charge on any atom is 0.234 e. The Bertz CT molecular complexity index is 160. The third-order valence-corrected chi connectivity index (χ3v) is 2.26. The molecule has 0 aromatic rings. The van der Waals surface area contributed by atoms with Crippen LogP contribution in [-0.2, 0) is 4.79 Å². The van der Waals surface area contributed by atoms with Crippen LogP contribution >= 0.6 is 0 Å². The fourth-order valence-corrected chi connectivity index (χ4v) is 1.35. The largest absolute Gasteiger partial charge is 0.355 e. The van der Waals surface area contributed by atoms with Crippen molar-refractivity contribution in [3.63, 3.8) is 0 Å². The first-order valence-electron chi connectivity index (χ1n) is 4.45. The number of nitrogens with one attached hydrogen (secondary N) is 1. The fraction of sp³-hybridized carbons (Fsp3) is 0.875. The lowest BCUT2D eigenvalue weighted by atomic mass is 10.2. The Kier molecular flexibility index (Phi) is 3.49. The summed E-state index contributed by atoms with van der Waals surface area (Å²) >= 11 is 0. The molecule has 0 saturated carbocycles. The molecule has 12 heavy (non-hydrogen) atoms. The van der Waals surface area contributed by atoms with Crippen LogP contribution < -0.4 is 11.1 Å². The average Bonchev–Trinajstić information content (AvgIpc) is 2.28. The van der Waals surface area contributed by atoms with Gasteiger partial charge in [-0.05, 0) is 13.3 Å². The van der Waals surface area contributed by atoms with E-state index in [1.54, 1.807) is 0 Å². The lowest BCUT2D eigenvalue weighted by Crippen LogP contribution is -2.42. The van der Waals surface area contributed by atoms with Gasteiger partial charge in [0.05, 0.1) is 6.54 Å². The lowest BCUT2D eigenvalue weighted by molar-refractivity contribution is -0.121. The summed E-state index contributed by atoms with van der Waals surface area (Å²) in [6, 6.07) is 0.314. The third kappa shape index (κ3) is 2.46. The van der Waals surface area contributed by atoms with Crippen LogP contribution in [-0.4, -0.2) is 43.0 Å². The summed E-state index contributed by atoms with van der Waals surface area (Å²) in [5.74, 6) is 0.118. The maximum atomic E-state index is 11.1. The van der Waals surface area contributed by atoms with Gasteiger partial charge >= 0.3 is 0 Å². The highest BCUT2D eigenvalue weighted by molar-refractivity contribution is 5.78. The van der Waals surface area contributed by atoms with Gasteiger partial charge in [-0.3, -0.25) is 9.69 Å². The lowest BCUT2D eigenvalue weighted by Gasteiger charge is -2.24. The molecule has 1 aliphatic heterocycles. The minimum atomic E-state index is 0.118. The number of carbonyl (C=O) groups is 1. The monoisotopic (exact) mass is 171 g/mol. The quantitative estimate of drug-likeness (QED) is 0.569. The van der Waals surface area contributed by atoms with Crippen LogP contribution in [0.4, 0.5) is 0 Å². The molecule has 0 aliphatic carbocycles. The third-order valence-electron chi connectivity index (χ3n) is 2.26. The van der Waals surface area contributed by atoms with Crippen molar-refractivity contribution in [1.29, 1.82) is 0 Å². The van der Waals surface area contributed by atoms with Gasteiger partial charge in [-0.15, -0.1) is 0 Å². The minimum Gasteiger partial charge on any atom is -0.355 e. The number of carbonyl (C=O) groups excluding carboxylic acids is 1. The molecule has 0 bridgehead atoms. The van der Waals surface area contributed by atoms with Crippen molar-refractivity contribution in [2.45, 2.75) is 19.4 Å². The highest BCUT2D eigenvalue weighted by atomic mass is 16.2. The van der Waals surface area contributed by atoms with Crippen LogP contribution in [0.3, 0.4) is 0 Å². The molecule has 1 heterocycles. The molecule has 1 saturated heterocycles. The molecule has 1 unspecified atom stereocenters. The molecule has 4 nitrogen and oxygen atoms in total. The van der Waals surface area contributed by atoms with Gasteiger partial charge in [-0.25, -0.2) is 0 Å². The summed E-state index contributed by atoms with van der Waals surface area (Å²) < 4.78 is 0. The molecule has 0 spiro atoms. The molecule has 1 fully saturated rings. The van der Waals surface area contributed by atoms with Crippen molar-refractivity contribution in [2.24, 2.45) is 5.73 Å². The summed E-state index contributed by atoms with van der Waals surface area (Å²) in [5.41, 5.74) is 5.53. The summed E-state index contributed by atoms with van der Waals surface area (Å²) in [4.78, 5) is 13.2. The van der Waals surface area contributed by atoms with Gasteiger partial charge < -0.3 is 11.1 Å². The fourth-order valence-electron chi connectivity index (χ4n) is 1.35. The van der Waals surface area contributed by atoms with Crippen molar-refractivity contribution >= 4 is 5.91 Å². The van der Waals surface area contributed by atoms with Crippen LogP contribution in [0.25, 0.3) is 0 Å². The summed E-state index contributed by atoms with van der Waals surface area (Å²) in [7, 11) is 0. The number of nitrogens with zero attached hydrogens (tertiary/aromatic N) is 1. The zero-order chi connectivity index (χ0) is 8.97. The molecule has 4 heteroatoms. The number of nitrogens with two attached hydrogens (primary N) is 1. The van der Waals surface area contributed by atoms with E-state index in [4.69, 9.17) is 5.73 Å². The summed E-state index contributed by atoms with van der Waals surface area (Å²) in [6.07, 6.45) is 1.02. The zero-order valence-electron chi connectivity index (χ0n) is 7.55. The Morgan fingerprint density at radius 1 is 1.75 bits per heavy atom. The van der Waals surface area contributed by atoms with Gasteiger partial charge in [0.1, 0.15) is 0 Å². The molecule has 0 radical (unpaired) electrons. The van der Waals surface area contributed by atoms with E-state index in [1.807, 2.05) is 0 Å². The number of hydrogen-bond acceptors (Lipinski definition) is 3. The Hall–Kier alpha value is -0.610. The van der Waals surface area contributed by atoms with Crippen LogP contribution in [0.1, 0.15) is 13.3 Å². The number of hydrogen-bond donors (Lipinski definition) is 2. The van der Waals surface area contributed by atoms with E-state index in [2.05, 4.69) is 17.1 Å². The molecule has 1 rings (SSSR count). The van der Waals surface area contributed by atoms with E-state index in [9.17, 15) is 4.79 Å². The van der Waals surface area contributed by atoms with E-state index in [0.717, 1.165) is 19.5 Å². The van der Waals surface area contributed by atoms with E-state index >= 15 is 0 Å². The summed E-state index contributed by atoms with van der Waals surface area (Å²) in [6.45, 7) is 4.94. The molecule has 3 N–H and O–H groups in total. The first kappa shape index (κ1) is 9.48. The molecule has 0 aromatic heterocycles. The Balaban J connectivity index is 2.46. The number of amides is 1. The first-order chi connectivity index (χ1) is 5.74. The van der Waals surface area contributed by atoms with E-state index < -0.39 is 0 Å². The molecular formula is C8H17N3O. The van der Waals surface area contributed by atoms with Gasteiger partial charge in [0.2, 0.25) is 5.91 Å². The van der Waals surface area contributed by atoms with Crippen molar-refractivity contribution in [3.05, 3.63) is 0 Å². The first-order valence-corrected chi connectivity index (χ1v) is 4.45. The number of rotatable bonds is 2. The Labute approximate surface area is 73.1 Å². The zero-order valence-corrected chi connectivity index (χ0v) is 7.55. The molecular weight excluding hydrogens is 154 g/mol. The van der Waals surface area contributed by atoms with Crippen LogP contribution in [0.15, 0.2) is 0 Å². The minimum absolute atomic E-state index is 0.118. The Morgan fingerprint density at radius 2 is 2.50 bits per heavy atom. The van der Waals surface area contributed by atoms with Crippen molar-refractivity contribution < 1.29 is 4.79 Å². The SMILES string of the molecule is CC(CN)N1CCCNC(=O)C1. The Morgan fingerprint density at radius 3 is 3.17 bits per heavy atom. The predicted molar refractivity (Wildman–Crippen MR) is 47.7 cm³/mol. The smallest absolute Gasteiger partial charge is 0.234 e. The van der Waals surface area contributed by atoms with Gasteiger partial charge in [-0.2, -0.15) is 0 Å². The highest BCUT2D eigenvalue weighted by Gasteiger charge is 2.17. The standard InChI is InChI=1S/C8H17N3O/c1-7(5-9)11-4-2-3-10-8(12)6-11/h7H,2-6,9H2,1H3,(H,10,12). The second-order valence-corrected chi connectivity index (χ2v) is 3.26.